The SMILES string of the molecule is CCS/C(=N\C(C)NC(=O)OCC1CCN(C(=O)OC(C)(C)C)CC1)c1ncc(NC(=O)OC(C)C)cc1OC. The highest BCUT2D eigenvalue weighted by atomic mass is 32.2. The van der Waals surface area contributed by atoms with Gasteiger partial charge in [-0.25, -0.2) is 19.4 Å². The van der Waals surface area contributed by atoms with Crippen LogP contribution in [0.5, 0.6) is 5.75 Å². The van der Waals surface area contributed by atoms with Crippen LogP contribution in [0.3, 0.4) is 0 Å². The number of hydrogen-bond donors (Lipinski definition) is 2. The van der Waals surface area contributed by atoms with Gasteiger partial charge in [0.15, 0.2) is 0 Å². The second-order valence-electron chi connectivity index (χ2n) is 10.6. The van der Waals surface area contributed by atoms with Crippen molar-refractivity contribution in [1.82, 2.24) is 15.2 Å². The van der Waals surface area contributed by atoms with E-state index in [9.17, 15) is 14.4 Å². The van der Waals surface area contributed by atoms with Crippen LogP contribution < -0.4 is 15.4 Å². The molecule has 3 amide bonds. The first-order chi connectivity index (χ1) is 18.8. The number of hydrogen-bond acceptors (Lipinski definition) is 10. The minimum absolute atomic E-state index is 0.160. The Morgan fingerprint density at radius 3 is 2.42 bits per heavy atom. The summed E-state index contributed by atoms with van der Waals surface area (Å²) in [6.45, 7) is 14.1. The number of nitrogens with zero attached hydrogens (tertiary/aromatic N) is 3. The molecule has 0 aliphatic carbocycles. The van der Waals surface area contributed by atoms with Gasteiger partial charge in [-0.3, -0.25) is 15.6 Å². The first-order valence-electron chi connectivity index (χ1n) is 13.4. The van der Waals surface area contributed by atoms with Crippen molar-refractivity contribution in [3.8, 4) is 5.75 Å². The maximum absolute atomic E-state index is 12.5. The van der Waals surface area contributed by atoms with Crippen LogP contribution >= 0.6 is 11.8 Å². The summed E-state index contributed by atoms with van der Waals surface area (Å²) in [4.78, 5) is 47.4. The summed E-state index contributed by atoms with van der Waals surface area (Å²) in [5, 5.41) is 5.92. The van der Waals surface area contributed by atoms with Crippen LogP contribution in [0.1, 0.15) is 67.0 Å². The molecule has 1 saturated heterocycles. The number of nitrogens with one attached hydrogen (secondary N) is 2. The Morgan fingerprint density at radius 2 is 1.85 bits per heavy atom. The van der Waals surface area contributed by atoms with Crippen molar-refractivity contribution in [1.29, 1.82) is 0 Å². The van der Waals surface area contributed by atoms with Crippen LogP contribution in [-0.2, 0) is 14.2 Å². The van der Waals surface area contributed by atoms with Crippen LogP contribution in [0.15, 0.2) is 17.3 Å². The van der Waals surface area contributed by atoms with E-state index in [-0.39, 0.29) is 24.7 Å². The highest BCUT2D eigenvalue weighted by Gasteiger charge is 2.27. The van der Waals surface area contributed by atoms with Crippen molar-refractivity contribution < 1.29 is 33.3 Å². The molecule has 224 valence electrons. The Bertz CT molecular complexity index is 1040. The third-order valence-electron chi connectivity index (χ3n) is 5.50. The third-order valence-corrected chi connectivity index (χ3v) is 6.36. The highest BCUT2D eigenvalue weighted by molar-refractivity contribution is 8.14. The second kappa shape index (κ2) is 15.5. The van der Waals surface area contributed by atoms with E-state index < -0.39 is 24.0 Å². The van der Waals surface area contributed by atoms with Gasteiger partial charge in [-0.1, -0.05) is 6.92 Å². The zero-order valence-electron chi connectivity index (χ0n) is 24.7. The lowest BCUT2D eigenvalue weighted by molar-refractivity contribution is 0.0148. The van der Waals surface area contributed by atoms with Crippen LogP contribution in [-0.4, -0.2) is 83.6 Å². The summed E-state index contributed by atoms with van der Waals surface area (Å²) in [6.07, 6.45) is 0.607. The fourth-order valence-corrected chi connectivity index (χ4v) is 4.51. The average molecular weight is 582 g/mol. The first-order valence-corrected chi connectivity index (χ1v) is 14.4. The highest BCUT2D eigenvalue weighted by Crippen LogP contribution is 2.26. The summed E-state index contributed by atoms with van der Waals surface area (Å²) < 4.78 is 21.5. The number of carbonyl (C=O) groups excluding carboxylic acids is 3. The number of anilines is 1. The molecule has 0 bridgehead atoms. The third kappa shape index (κ3) is 11.5. The Labute approximate surface area is 240 Å². The molecule has 40 heavy (non-hydrogen) atoms. The van der Waals surface area contributed by atoms with Gasteiger partial charge < -0.3 is 23.8 Å². The quantitative estimate of drug-likeness (QED) is 0.227. The number of carbonyl (C=O) groups is 3. The molecule has 0 aromatic carbocycles. The molecule has 2 rings (SSSR count). The van der Waals surface area contributed by atoms with E-state index in [4.69, 9.17) is 18.9 Å². The van der Waals surface area contributed by atoms with Gasteiger partial charge in [0.25, 0.3) is 0 Å². The number of alkyl carbamates (subject to hydrolysis) is 1. The molecule has 1 aliphatic rings. The normalized spacial score (nSPS) is 15.3. The number of piperidine rings is 1. The average Bonchev–Trinajstić information content (AvgIpc) is 2.86. The smallest absolute Gasteiger partial charge is 0.411 e. The molecule has 1 unspecified atom stereocenters. The molecule has 1 aromatic heterocycles. The first kappa shape index (κ1) is 33.0. The lowest BCUT2D eigenvalue weighted by Crippen LogP contribution is -2.42. The van der Waals surface area contributed by atoms with Crippen molar-refractivity contribution in [2.45, 2.75) is 79.2 Å². The minimum atomic E-state index is -0.596. The van der Waals surface area contributed by atoms with Crippen molar-refractivity contribution in [3.63, 3.8) is 0 Å². The van der Waals surface area contributed by atoms with Crippen LogP contribution in [0, 0.1) is 5.92 Å². The van der Waals surface area contributed by atoms with E-state index in [1.165, 1.54) is 25.1 Å². The van der Waals surface area contributed by atoms with E-state index in [2.05, 4.69) is 20.6 Å². The van der Waals surface area contributed by atoms with Gasteiger partial charge in [0.05, 0.1) is 31.7 Å². The summed E-state index contributed by atoms with van der Waals surface area (Å²) >= 11 is 1.45. The van der Waals surface area contributed by atoms with E-state index >= 15 is 0 Å². The molecule has 1 fully saturated rings. The maximum Gasteiger partial charge on any atom is 0.411 e. The van der Waals surface area contributed by atoms with Crippen molar-refractivity contribution in [3.05, 3.63) is 18.0 Å². The molecule has 12 nitrogen and oxygen atoms in total. The Kier molecular flexibility index (Phi) is 12.8. The molecular weight excluding hydrogens is 538 g/mol. The standard InChI is InChI=1S/C27H43N5O7S/c1-9-40-23(22-21(36-8)14-20(15-28-22)31-25(34)38-17(2)3)29-18(4)30-24(33)37-16-19-10-12-32(13-11-19)26(35)39-27(5,6)7/h14-15,17-19H,9-13,16H2,1-8H3,(H,30,33)(H,31,34)/b29-23-. The molecule has 2 N–H and O–H groups in total. The molecule has 0 saturated carbocycles. The molecular formula is C27H43N5O7S. The van der Waals surface area contributed by atoms with Gasteiger partial charge >= 0.3 is 18.3 Å². The predicted molar refractivity (Wildman–Crippen MR) is 155 cm³/mol. The molecule has 1 aliphatic heterocycles. The summed E-state index contributed by atoms with van der Waals surface area (Å²) in [5.41, 5.74) is 0.365. The zero-order chi connectivity index (χ0) is 29.9. The zero-order valence-corrected chi connectivity index (χ0v) is 25.6. The molecule has 0 spiro atoms. The summed E-state index contributed by atoms with van der Waals surface area (Å²) in [6, 6.07) is 1.64. The van der Waals surface area contributed by atoms with E-state index in [0.717, 1.165) is 12.8 Å². The monoisotopic (exact) mass is 581 g/mol. The molecule has 2 heterocycles. The fraction of sp³-hybridized carbons (Fsp3) is 0.667. The fourth-order valence-electron chi connectivity index (χ4n) is 3.72. The topological polar surface area (TPSA) is 141 Å². The minimum Gasteiger partial charge on any atom is -0.494 e. The van der Waals surface area contributed by atoms with Crippen molar-refractivity contribution in [2.24, 2.45) is 10.9 Å². The summed E-state index contributed by atoms with van der Waals surface area (Å²) in [5.74, 6) is 1.28. The van der Waals surface area contributed by atoms with Gasteiger partial charge in [0.1, 0.15) is 28.3 Å². The van der Waals surface area contributed by atoms with E-state index in [0.29, 0.717) is 41.0 Å². The van der Waals surface area contributed by atoms with Gasteiger partial charge in [0, 0.05) is 19.2 Å². The molecule has 13 heteroatoms. The lowest BCUT2D eigenvalue weighted by Gasteiger charge is -2.33. The van der Waals surface area contributed by atoms with Crippen LogP contribution in [0.25, 0.3) is 0 Å². The van der Waals surface area contributed by atoms with Gasteiger partial charge in [-0.15, -0.1) is 11.8 Å². The van der Waals surface area contributed by atoms with Gasteiger partial charge in [-0.2, -0.15) is 0 Å². The molecule has 1 aromatic rings. The number of aliphatic imine (C=N–C) groups is 1. The largest absolute Gasteiger partial charge is 0.494 e. The molecule has 1 atom stereocenters. The van der Waals surface area contributed by atoms with Crippen molar-refractivity contribution >= 4 is 40.8 Å². The van der Waals surface area contributed by atoms with E-state index in [1.54, 1.807) is 31.7 Å². The second-order valence-corrected chi connectivity index (χ2v) is 11.8. The number of aromatic nitrogens is 1. The maximum atomic E-state index is 12.5. The number of pyridine rings is 1. The predicted octanol–water partition coefficient (Wildman–Crippen LogP) is 5.27. The van der Waals surface area contributed by atoms with Crippen molar-refractivity contribution in [2.75, 3.05) is 37.9 Å². The Morgan fingerprint density at radius 1 is 1.18 bits per heavy atom. The lowest BCUT2D eigenvalue weighted by atomic mass is 9.98. The Hall–Kier alpha value is -3.22. The summed E-state index contributed by atoms with van der Waals surface area (Å²) in [7, 11) is 1.50. The van der Waals surface area contributed by atoms with Gasteiger partial charge in [0.2, 0.25) is 0 Å². The van der Waals surface area contributed by atoms with Gasteiger partial charge in [-0.05, 0) is 66.1 Å². The number of amides is 3. The van der Waals surface area contributed by atoms with E-state index in [1.807, 2.05) is 27.7 Å². The number of thioether (sulfide) groups is 1. The Balaban J connectivity index is 1.93. The number of ether oxygens (including phenoxy) is 4. The number of rotatable bonds is 9. The number of methoxy groups -OCH3 is 1. The van der Waals surface area contributed by atoms with Crippen LogP contribution in [0.4, 0.5) is 20.1 Å². The molecule has 0 radical (unpaired) electrons. The number of likely N-dealkylation sites (tertiary alicyclic amines) is 1. The van der Waals surface area contributed by atoms with Crippen LogP contribution in [0.2, 0.25) is 0 Å².